The molecule has 1 aliphatic rings. The third kappa shape index (κ3) is 4.26. The highest BCUT2D eigenvalue weighted by Crippen LogP contribution is 2.36. The van der Waals surface area contributed by atoms with E-state index < -0.39 is 23.5 Å². The topological polar surface area (TPSA) is 67.2 Å². The number of nitrogens with zero attached hydrogens (tertiary/aromatic N) is 2. The van der Waals surface area contributed by atoms with E-state index in [0.717, 1.165) is 24.0 Å². The van der Waals surface area contributed by atoms with Gasteiger partial charge in [0.1, 0.15) is 5.82 Å². The number of alkyl halides is 3. The molecule has 1 aromatic heterocycles. The molecule has 1 heterocycles. The number of rotatable bonds is 3. The summed E-state index contributed by atoms with van der Waals surface area (Å²) in [7, 11) is 0. The monoisotopic (exact) mass is 433 g/mol. The van der Waals surface area contributed by atoms with Gasteiger partial charge in [0, 0.05) is 17.7 Å². The smallest absolute Gasteiger partial charge is 0.416 e. The van der Waals surface area contributed by atoms with E-state index in [9.17, 15) is 27.5 Å². The van der Waals surface area contributed by atoms with Crippen molar-refractivity contribution in [1.82, 2.24) is 9.55 Å². The molecule has 3 aromatic rings. The maximum absolute atomic E-state index is 13.7. The fourth-order valence-electron chi connectivity index (χ4n) is 3.90. The van der Waals surface area contributed by atoms with Crippen LogP contribution in [0.1, 0.15) is 47.6 Å². The Bertz CT molecular complexity index is 1160. The van der Waals surface area contributed by atoms with Crippen molar-refractivity contribution in [2.24, 2.45) is 0 Å². The molecule has 1 aliphatic carbocycles. The van der Waals surface area contributed by atoms with Crippen molar-refractivity contribution in [3.63, 3.8) is 0 Å². The van der Waals surface area contributed by atoms with E-state index in [0.29, 0.717) is 36.7 Å². The predicted molar refractivity (Wildman–Crippen MR) is 107 cm³/mol. The molecule has 0 spiro atoms. The lowest BCUT2D eigenvalue weighted by Crippen LogP contribution is -2.20. The van der Waals surface area contributed by atoms with Gasteiger partial charge in [-0.1, -0.05) is 6.07 Å². The molecule has 2 aromatic carbocycles. The van der Waals surface area contributed by atoms with Gasteiger partial charge in [0.2, 0.25) is 5.95 Å². The third-order valence-corrected chi connectivity index (χ3v) is 5.47. The number of carbonyl (C=O) groups excluding carboxylic acids is 1. The Hall–Kier alpha value is -3.36. The van der Waals surface area contributed by atoms with Crippen molar-refractivity contribution in [2.75, 3.05) is 5.32 Å². The molecule has 2 N–H and O–H groups in total. The Kier molecular flexibility index (Phi) is 5.43. The van der Waals surface area contributed by atoms with Gasteiger partial charge >= 0.3 is 6.18 Å². The van der Waals surface area contributed by atoms with E-state index in [1.165, 1.54) is 24.3 Å². The number of allylic oxidation sites excluding steroid dienone is 1. The minimum atomic E-state index is -4.57. The van der Waals surface area contributed by atoms with Crippen LogP contribution in [0.3, 0.4) is 0 Å². The van der Waals surface area contributed by atoms with E-state index in [1.54, 1.807) is 10.6 Å². The van der Waals surface area contributed by atoms with Crippen molar-refractivity contribution in [1.29, 1.82) is 0 Å². The number of anilines is 1. The Morgan fingerprint density at radius 2 is 1.90 bits per heavy atom. The van der Waals surface area contributed by atoms with Crippen LogP contribution >= 0.6 is 0 Å². The molecule has 0 bridgehead atoms. The SMILES string of the molecule is O=C(Nc1nc2cc(F)ccc2n1C1CCC(=CO)CC1)c1cccc(C(F)(F)F)c1. The zero-order valence-electron chi connectivity index (χ0n) is 16.3. The average molecular weight is 433 g/mol. The van der Waals surface area contributed by atoms with E-state index in [-0.39, 0.29) is 17.6 Å². The molecule has 31 heavy (non-hydrogen) atoms. The molecule has 0 radical (unpaired) electrons. The van der Waals surface area contributed by atoms with Crippen molar-refractivity contribution in [3.05, 3.63) is 71.2 Å². The van der Waals surface area contributed by atoms with Crippen LogP contribution in [0.2, 0.25) is 0 Å². The van der Waals surface area contributed by atoms with Gasteiger partial charge in [-0.05, 0) is 61.6 Å². The lowest BCUT2D eigenvalue weighted by atomic mass is 9.91. The second-order valence-corrected chi connectivity index (χ2v) is 7.49. The summed E-state index contributed by atoms with van der Waals surface area (Å²) in [5.74, 6) is -1.08. The van der Waals surface area contributed by atoms with Gasteiger partial charge in [-0.15, -0.1) is 0 Å². The molecule has 1 amide bonds. The molecule has 4 rings (SSSR count). The molecule has 5 nitrogen and oxygen atoms in total. The number of aliphatic hydroxyl groups is 1. The minimum absolute atomic E-state index is 0.0732. The van der Waals surface area contributed by atoms with Crippen LogP contribution in [-0.2, 0) is 6.18 Å². The summed E-state index contributed by atoms with van der Waals surface area (Å²) in [6, 6.07) is 8.15. The average Bonchev–Trinajstić information content (AvgIpc) is 3.10. The Balaban J connectivity index is 1.69. The number of nitrogens with one attached hydrogen (secondary N) is 1. The Labute approximate surface area is 175 Å². The van der Waals surface area contributed by atoms with Crippen LogP contribution in [0.15, 0.2) is 54.3 Å². The number of aromatic nitrogens is 2. The fraction of sp³-hybridized carbons (Fsp3) is 0.273. The molecule has 0 aliphatic heterocycles. The minimum Gasteiger partial charge on any atom is -0.516 e. The summed E-state index contributed by atoms with van der Waals surface area (Å²) in [4.78, 5) is 17.1. The van der Waals surface area contributed by atoms with Crippen LogP contribution in [0.4, 0.5) is 23.5 Å². The summed E-state index contributed by atoms with van der Waals surface area (Å²) in [6.07, 6.45) is -0.815. The molecular weight excluding hydrogens is 414 g/mol. The lowest BCUT2D eigenvalue weighted by molar-refractivity contribution is -0.137. The molecule has 162 valence electrons. The quantitative estimate of drug-likeness (QED) is 0.393. The highest BCUT2D eigenvalue weighted by atomic mass is 19.4. The first kappa shape index (κ1) is 20.9. The highest BCUT2D eigenvalue weighted by Gasteiger charge is 2.31. The van der Waals surface area contributed by atoms with Crippen LogP contribution in [0.5, 0.6) is 0 Å². The second kappa shape index (κ2) is 8.05. The number of fused-ring (bicyclic) bond motifs is 1. The Morgan fingerprint density at radius 3 is 2.58 bits per heavy atom. The van der Waals surface area contributed by atoms with Gasteiger partial charge in [0.25, 0.3) is 5.91 Å². The number of amides is 1. The highest BCUT2D eigenvalue weighted by molar-refractivity contribution is 6.04. The summed E-state index contributed by atoms with van der Waals surface area (Å²) >= 11 is 0. The molecule has 1 saturated carbocycles. The molecule has 1 fully saturated rings. The Morgan fingerprint density at radius 1 is 1.16 bits per heavy atom. The molecular formula is C22H19F4N3O2. The van der Waals surface area contributed by atoms with Crippen molar-refractivity contribution < 1.29 is 27.5 Å². The van der Waals surface area contributed by atoms with Crippen LogP contribution in [0, 0.1) is 5.82 Å². The van der Waals surface area contributed by atoms with Crippen LogP contribution < -0.4 is 5.32 Å². The number of carbonyl (C=O) groups is 1. The molecule has 0 saturated heterocycles. The number of hydrogen-bond acceptors (Lipinski definition) is 3. The maximum Gasteiger partial charge on any atom is 0.416 e. The number of hydrogen-bond donors (Lipinski definition) is 2. The van der Waals surface area contributed by atoms with Crippen molar-refractivity contribution in [3.8, 4) is 0 Å². The first-order valence-electron chi connectivity index (χ1n) is 9.74. The first-order valence-corrected chi connectivity index (χ1v) is 9.74. The van der Waals surface area contributed by atoms with Gasteiger partial charge in [-0.3, -0.25) is 10.1 Å². The summed E-state index contributed by atoms with van der Waals surface area (Å²) < 4.78 is 54.5. The second-order valence-electron chi connectivity index (χ2n) is 7.49. The lowest BCUT2D eigenvalue weighted by Gasteiger charge is -2.26. The third-order valence-electron chi connectivity index (χ3n) is 5.47. The van der Waals surface area contributed by atoms with E-state index in [1.807, 2.05) is 0 Å². The normalized spacial score (nSPS) is 17.0. The number of imidazole rings is 1. The van der Waals surface area contributed by atoms with Gasteiger partial charge in [-0.25, -0.2) is 9.37 Å². The summed E-state index contributed by atoms with van der Waals surface area (Å²) in [5, 5.41) is 11.8. The molecule has 0 atom stereocenters. The standard InChI is InChI=1S/C22H19F4N3O2/c23-16-6-9-19-18(11-16)27-21(29(19)17-7-4-13(12-30)5-8-17)28-20(31)14-2-1-3-15(10-14)22(24,25)26/h1-3,6,9-12,17,30H,4-5,7-8H2,(H,27,28,31). The summed E-state index contributed by atoms with van der Waals surface area (Å²) in [6.45, 7) is 0. The summed E-state index contributed by atoms with van der Waals surface area (Å²) in [5.41, 5.74) is 0.784. The first-order chi connectivity index (χ1) is 14.8. The molecule has 0 unspecified atom stereocenters. The molecule has 9 heteroatoms. The van der Waals surface area contributed by atoms with Crippen molar-refractivity contribution in [2.45, 2.75) is 37.9 Å². The van der Waals surface area contributed by atoms with Gasteiger partial charge in [0.15, 0.2) is 0 Å². The number of halogens is 4. The van der Waals surface area contributed by atoms with Crippen LogP contribution in [-0.4, -0.2) is 20.6 Å². The predicted octanol–water partition coefficient (Wildman–Crippen LogP) is 6.00. The largest absolute Gasteiger partial charge is 0.516 e. The van der Waals surface area contributed by atoms with E-state index >= 15 is 0 Å². The van der Waals surface area contributed by atoms with Crippen LogP contribution in [0.25, 0.3) is 11.0 Å². The van der Waals surface area contributed by atoms with E-state index in [4.69, 9.17) is 0 Å². The zero-order chi connectivity index (χ0) is 22.2. The van der Waals surface area contributed by atoms with Gasteiger partial charge < -0.3 is 9.67 Å². The van der Waals surface area contributed by atoms with Gasteiger partial charge in [0.05, 0.1) is 22.9 Å². The fourth-order valence-corrected chi connectivity index (χ4v) is 3.90. The zero-order valence-corrected chi connectivity index (χ0v) is 16.3. The van der Waals surface area contributed by atoms with Gasteiger partial charge in [-0.2, -0.15) is 13.2 Å². The van der Waals surface area contributed by atoms with Crippen molar-refractivity contribution >= 4 is 22.9 Å². The van der Waals surface area contributed by atoms with E-state index in [2.05, 4.69) is 10.3 Å². The maximum atomic E-state index is 13.7. The number of aliphatic hydroxyl groups excluding tert-OH is 1. The number of benzene rings is 2.